The van der Waals surface area contributed by atoms with Gasteiger partial charge < -0.3 is 5.11 Å². The highest BCUT2D eigenvalue weighted by Crippen LogP contribution is 2.06. The first kappa shape index (κ1) is 14.5. The zero-order valence-electron chi connectivity index (χ0n) is 10.6. The van der Waals surface area contributed by atoms with Crippen molar-refractivity contribution in [3.8, 4) is 11.8 Å². The number of hydrogen-bond donors (Lipinski definition) is 1. The second-order valence-corrected chi connectivity index (χ2v) is 4.37. The molecule has 0 saturated heterocycles. The molecule has 1 nitrogen and oxygen atoms in total. The van der Waals surface area contributed by atoms with E-state index in [4.69, 9.17) is 0 Å². The van der Waals surface area contributed by atoms with Crippen molar-refractivity contribution in [2.75, 3.05) is 0 Å². The van der Waals surface area contributed by atoms with Gasteiger partial charge in [-0.25, -0.2) is 0 Å². The Morgan fingerprint density at radius 1 is 1.00 bits per heavy atom. The molecule has 0 saturated carbocycles. The first-order valence-corrected chi connectivity index (χ1v) is 6.35. The molecule has 0 aromatic rings. The summed E-state index contributed by atoms with van der Waals surface area (Å²) >= 11 is 0. The van der Waals surface area contributed by atoms with E-state index >= 15 is 0 Å². The van der Waals surface area contributed by atoms with Crippen LogP contribution in [0.25, 0.3) is 0 Å². The van der Waals surface area contributed by atoms with Crippen LogP contribution in [0.1, 0.15) is 65.7 Å². The van der Waals surface area contributed by atoms with Crippen molar-refractivity contribution < 1.29 is 5.11 Å². The highest BCUT2D eigenvalue weighted by Gasteiger charge is 2.02. The van der Waals surface area contributed by atoms with E-state index in [1.807, 2.05) is 6.92 Å². The highest BCUT2D eigenvalue weighted by molar-refractivity contribution is 5.03. The molecule has 88 valence electrons. The van der Waals surface area contributed by atoms with Crippen LogP contribution in [0.2, 0.25) is 0 Å². The Kier molecular flexibility index (Phi) is 9.73. The summed E-state index contributed by atoms with van der Waals surface area (Å²) in [5.74, 6) is 6.35. The second kappa shape index (κ2) is 10.1. The van der Waals surface area contributed by atoms with Crippen LogP contribution in [0, 0.1) is 17.8 Å². The summed E-state index contributed by atoms with van der Waals surface area (Å²) in [7, 11) is 0. The monoisotopic (exact) mass is 210 g/mol. The Balaban J connectivity index is 3.30. The minimum atomic E-state index is -0.304. The third kappa shape index (κ3) is 9.82. The zero-order chi connectivity index (χ0) is 11.5. The molecule has 0 bridgehead atoms. The van der Waals surface area contributed by atoms with E-state index in [1.165, 1.54) is 38.5 Å². The van der Waals surface area contributed by atoms with E-state index in [9.17, 15) is 5.11 Å². The largest absolute Gasteiger partial charge is 0.392 e. The van der Waals surface area contributed by atoms with Gasteiger partial charge in [0.25, 0.3) is 0 Å². The standard InChI is InChI=1S/C14H26O/c1-4-5-6-7-8-9-10-11-12-13(2)14(3)15/h13-15H,4-10H2,1-3H3/t13-,14+/m1/s1. The maximum absolute atomic E-state index is 9.22. The summed E-state index contributed by atoms with van der Waals surface area (Å²) in [6, 6.07) is 0. The molecule has 0 aliphatic rings. The third-order valence-corrected chi connectivity index (χ3v) is 2.71. The van der Waals surface area contributed by atoms with Crippen LogP contribution >= 0.6 is 0 Å². The van der Waals surface area contributed by atoms with Crippen molar-refractivity contribution >= 4 is 0 Å². The number of rotatable bonds is 7. The van der Waals surface area contributed by atoms with Gasteiger partial charge >= 0.3 is 0 Å². The molecular weight excluding hydrogens is 184 g/mol. The fourth-order valence-corrected chi connectivity index (χ4v) is 1.35. The summed E-state index contributed by atoms with van der Waals surface area (Å²) in [5.41, 5.74) is 0. The van der Waals surface area contributed by atoms with E-state index in [1.54, 1.807) is 6.92 Å². The Labute approximate surface area is 95.3 Å². The molecule has 15 heavy (non-hydrogen) atoms. The van der Waals surface area contributed by atoms with Crippen molar-refractivity contribution in [3.05, 3.63) is 0 Å². The maximum atomic E-state index is 9.22. The van der Waals surface area contributed by atoms with Gasteiger partial charge in [0.1, 0.15) is 0 Å². The summed E-state index contributed by atoms with van der Waals surface area (Å²) in [5, 5.41) is 9.22. The minimum absolute atomic E-state index is 0.116. The summed E-state index contributed by atoms with van der Waals surface area (Å²) in [4.78, 5) is 0. The lowest BCUT2D eigenvalue weighted by atomic mass is 10.1. The van der Waals surface area contributed by atoms with Gasteiger partial charge in [-0.1, -0.05) is 44.9 Å². The molecule has 0 heterocycles. The third-order valence-electron chi connectivity index (χ3n) is 2.71. The average Bonchev–Trinajstić information content (AvgIpc) is 2.21. The lowest BCUT2D eigenvalue weighted by Crippen LogP contribution is -2.10. The molecule has 0 radical (unpaired) electrons. The molecule has 0 rings (SSSR count). The van der Waals surface area contributed by atoms with Crippen molar-refractivity contribution in [3.63, 3.8) is 0 Å². The van der Waals surface area contributed by atoms with Gasteiger partial charge in [-0.15, -0.1) is 5.92 Å². The van der Waals surface area contributed by atoms with Gasteiger partial charge in [0.2, 0.25) is 0 Å². The lowest BCUT2D eigenvalue weighted by molar-refractivity contribution is 0.161. The van der Waals surface area contributed by atoms with Crippen molar-refractivity contribution in [2.45, 2.75) is 71.8 Å². The van der Waals surface area contributed by atoms with Gasteiger partial charge in [0.05, 0.1) is 6.10 Å². The number of aliphatic hydroxyl groups excluding tert-OH is 1. The Hall–Kier alpha value is -0.480. The molecule has 0 spiro atoms. The molecule has 0 unspecified atom stereocenters. The van der Waals surface area contributed by atoms with Crippen LogP contribution < -0.4 is 0 Å². The average molecular weight is 210 g/mol. The first-order chi connectivity index (χ1) is 7.18. The van der Waals surface area contributed by atoms with Crippen LogP contribution in [0.3, 0.4) is 0 Å². The molecular formula is C14H26O. The van der Waals surface area contributed by atoms with Crippen molar-refractivity contribution in [1.82, 2.24) is 0 Å². The fraction of sp³-hybridized carbons (Fsp3) is 0.857. The Morgan fingerprint density at radius 3 is 2.20 bits per heavy atom. The number of aliphatic hydroxyl groups is 1. The van der Waals surface area contributed by atoms with Gasteiger partial charge in [0.15, 0.2) is 0 Å². The predicted molar refractivity (Wildman–Crippen MR) is 66.6 cm³/mol. The fourth-order valence-electron chi connectivity index (χ4n) is 1.35. The SMILES string of the molecule is CCCCCCCCC#C[C@@H](C)[C@H](C)O. The van der Waals surface area contributed by atoms with E-state index in [0.717, 1.165) is 6.42 Å². The van der Waals surface area contributed by atoms with E-state index in [0.29, 0.717) is 0 Å². The van der Waals surface area contributed by atoms with E-state index in [2.05, 4.69) is 18.8 Å². The lowest BCUT2D eigenvalue weighted by Gasteiger charge is -2.05. The molecule has 2 atom stereocenters. The van der Waals surface area contributed by atoms with Crippen molar-refractivity contribution in [2.24, 2.45) is 5.92 Å². The summed E-state index contributed by atoms with van der Waals surface area (Å²) in [6.45, 7) is 6.01. The van der Waals surface area contributed by atoms with E-state index in [-0.39, 0.29) is 12.0 Å². The second-order valence-electron chi connectivity index (χ2n) is 4.37. The smallest absolute Gasteiger partial charge is 0.0646 e. The Bertz CT molecular complexity index is 185. The molecule has 0 aromatic carbocycles. The van der Waals surface area contributed by atoms with Crippen LogP contribution in [-0.2, 0) is 0 Å². The molecule has 0 amide bonds. The quantitative estimate of drug-likeness (QED) is 0.501. The van der Waals surface area contributed by atoms with Gasteiger partial charge in [0, 0.05) is 12.3 Å². The minimum Gasteiger partial charge on any atom is -0.392 e. The van der Waals surface area contributed by atoms with Crippen LogP contribution in [0.15, 0.2) is 0 Å². The number of hydrogen-bond acceptors (Lipinski definition) is 1. The summed E-state index contributed by atoms with van der Waals surface area (Å²) < 4.78 is 0. The van der Waals surface area contributed by atoms with Crippen LogP contribution in [0.5, 0.6) is 0 Å². The Morgan fingerprint density at radius 2 is 1.60 bits per heavy atom. The molecule has 0 fully saturated rings. The zero-order valence-corrected chi connectivity index (χ0v) is 10.6. The van der Waals surface area contributed by atoms with E-state index < -0.39 is 0 Å². The van der Waals surface area contributed by atoms with Gasteiger partial charge in [-0.2, -0.15) is 0 Å². The van der Waals surface area contributed by atoms with Crippen LogP contribution in [0.4, 0.5) is 0 Å². The van der Waals surface area contributed by atoms with Crippen LogP contribution in [-0.4, -0.2) is 11.2 Å². The van der Waals surface area contributed by atoms with Gasteiger partial charge in [-0.05, 0) is 20.3 Å². The first-order valence-electron chi connectivity index (χ1n) is 6.35. The van der Waals surface area contributed by atoms with Crippen molar-refractivity contribution in [1.29, 1.82) is 0 Å². The molecule has 0 aromatic heterocycles. The molecule has 1 heteroatoms. The predicted octanol–water partition coefficient (Wildman–Crippen LogP) is 3.76. The maximum Gasteiger partial charge on any atom is 0.0646 e. The highest BCUT2D eigenvalue weighted by atomic mass is 16.3. The molecule has 0 aliphatic carbocycles. The van der Waals surface area contributed by atoms with Gasteiger partial charge in [-0.3, -0.25) is 0 Å². The topological polar surface area (TPSA) is 20.2 Å². The normalized spacial score (nSPS) is 14.1. The summed E-state index contributed by atoms with van der Waals surface area (Å²) in [6.07, 6.45) is 8.60. The molecule has 0 aliphatic heterocycles. The number of unbranched alkanes of at least 4 members (excludes halogenated alkanes) is 6. The molecule has 1 N–H and O–H groups in total.